The summed E-state index contributed by atoms with van der Waals surface area (Å²) in [7, 11) is 0. The van der Waals surface area contributed by atoms with Crippen LogP contribution in [0.5, 0.6) is 5.75 Å². The molecule has 2 unspecified atom stereocenters. The molecule has 0 aromatic heterocycles. The van der Waals surface area contributed by atoms with Crippen LogP contribution in [0.15, 0.2) is 42.5 Å². The molecule has 0 saturated heterocycles. The highest BCUT2D eigenvalue weighted by atomic mass is 35.5. The summed E-state index contributed by atoms with van der Waals surface area (Å²) in [6.45, 7) is 7.60. The van der Waals surface area contributed by atoms with Crippen molar-refractivity contribution in [3.8, 4) is 5.75 Å². The first-order valence-electron chi connectivity index (χ1n) is 9.31. The van der Waals surface area contributed by atoms with Crippen LogP contribution >= 0.6 is 34.8 Å². The molecule has 0 fully saturated rings. The average molecular weight is 443 g/mol. The first kappa shape index (κ1) is 22.9. The molecule has 0 bridgehead atoms. The summed E-state index contributed by atoms with van der Waals surface area (Å²) < 4.78 is 5.88. The van der Waals surface area contributed by atoms with Crippen molar-refractivity contribution in [3.05, 3.63) is 63.1 Å². The van der Waals surface area contributed by atoms with Gasteiger partial charge in [0.25, 0.3) is 5.91 Å². The molecule has 2 atom stereocenters. The van der Waals surface area contributed by atoms with E-state index in [-0.39, 0.29) is 11.9 Å². The molecule has 1 amide bonds. The zero-order chi connectivity index (χ0) is 20.9. The smallest absolute Gasteiger partial charge is 0.263 e. The number of nitrogens with one attached hydrogen (secondary N) is 1. The SMILES string of the molecule is CCC(Cc1ccc(Cl)cc1)C(C)NC(=O)C(C)(C)Oc1cc(Cl)cc(Cl)c1. The highest BCUT2D eigenvalue weighted by molar-refractivity contribution is 6.34. The van der Waals surface area contributed by atoms with E-state index in [4.69, 9.17) is 39.5 Å². The van der Waals surface area contributed by atoms with Crippen molar-refractivity contribution in [2.24, 2.45) is 5.92 Å². The van der Waals surface area contributed by atoms with E-state index < -0.39 is 5.60 Å². The molecular weight excluding hydrogens is 417 g/mol. The highest BCUT2D eigenvalue weighted by Gasteiger charge is 2.32. The minimum Gasteiger partial charge on any atom is -0.478 e. The number of carbonyl (C=O) groups is 1. The number of hydrogen-bond donors (Lipinski definition) is 1. The third kappa shape index (κ3) is 6.58. The van der Waals surface area contributed by atoms with Gasteiger partial charge >= 0.3 is 0 Å². The number of amides is 1. The Bertz CT molecular complexity index is 786. The largest absolute Gasteiger partial charge is 0.478 e. The Balaban J connectivity index is 2.02. The van der Waals surface area contributed by atoms with Crippen molar-refractivity contribution < 1.29 is 9.53 Å². The van der Waals surface area contributed by atoms with Crippen LogP contribution in [0.25, 0.3) is 0 Å². The van der Waals surface area contributed by atoms with Crippen molar-refractivity contribution in [1.29, 1.82) is 0 Å². The number of rotatable bonds is 8. The van der Waals surface area contributed by atoms with Gasteiger partial charge in [-0.3, -0.25) is 4.79 Å². The van der Waals surface area contributed by atoms with Crippen LogP contribution in [-0.2, 0) is 11.2 Å². The predicted molar refractivity (Wildman–Crippen MR) is 118 cm³/mol. The second kappa shape index (κ2) is 9.87. The minimum atomic E-state index is -1.07. The van der Waals surface area contributed by atoms with E-state index in [1.165, 1.54) is 5.56 Å². The van der Waals surface area contributed by atoms with Crippen LogP contribution in [0.4, 0.5) is 0 Å². The van der Waals surface area contributed by atoms with Gasteiger partial charge in [-0.25, -0.2) is 0 Å². The molecule has 2 aromatic carbocycles. The van der Waals surface area contributed by atoms with Gasteiger partial charge in [0, 0.05) is 21.1 Å². The molecule has 0 aliphatic heterocycles. The third-order valence-corrected chi connectivity index (χ3v) is 5.45. The lowest BCUT2D eigenvalue weighted by atomic mass is 9.90. The van der Waals surface area contributed by atoms with E-state index in [1.54, 1.807) is 32.0 Å². The molecule has 1 N–H and O–H groups in total. The summed E-state index contributed by atoms with van der Waals surface area (Å²) in [6.07, 6.45) is 1.80. The first-order valence-corrected chi connectivity index (χ1v) is 10.4. The summed E-state index contributed by atoms with van der Waals surface area (Å²) in [4.78, 5) is 12.8. The van der Waals surface area contributed by atoms with Gasteiger partial charge in [0.15, 0.2) is 5.60 Å². The van der Waals surface area contributed by atoms with E-state index in [9.17, 15) is 4.79 Å². The molecule has 0 aliphatic rings. The number of halogens is 3. The van der Waals surface area contributed by atoms with Gasteiger partial charge in [-0.15, -0.1) is 0 Å². The van der Waals surface area contributed by atoms with Crippen LogP contribution in [0, 0.1) is 5.92 Å². The minimum absolute atomic E-state index is 0.0148. The Hall–Kier alpha value is -1.42. The van der Waals surface area contributed by atoms with Gasteiger partial charge in [-0.1, -0.05) is 60.3 Å². The third-order valence-electron chi connectivity index (χ3n) is 4.76. The molecule has 3 nitrogen and oxygen atoms in total. The normalized spacial score (nSPS) is 13.7. The van der Waals surface area contributed by atoms with Gasteiger partial charge in [-0.2, -0.15) is 0 Å². The average Bonchev–Trinajstić information content (AvgIpc) is 2.59. The summed E-state index contributed by atoms with van der Waals surface area (Å²) in [5.74, 6) is 0.561. The Labute approximate surface area is 182 Å². The molecule has 2 aromatic rings. The van der Waals surface area contributed by atoms with Crippen LogP contribution in [0.1, 0.15) is 39.7 Å². The number of ether oxygens (including phenoxy) is 1. The van der Waals surface area contributed by atoms with Crippen molar-refractivity contribution in [2.45, 2.75) is 52.2 Å². The molecule has 0 aliphatic carbocycles. The van der Waals surface area contributed by atoms with Gasteiger partial charge in [0.1, 0.15) is 5.75 Å². The lowest BCUT2D eigenvalue weighted by Gasteiger charge is -2.30. The molecule has 6 heteroatoms. The van der Waals surface area contributed by atoms with Gasteiger partial charge < -0.3 is 10.1 Å². The maximum Gasteiger partial charge on any atom is 0.263 e. The zero-order valence-electron chi connectivity index (χ0n) is 16.6. The Kier molecular flexibility index (Phi) is 8.06. The van der Waals surface area contributed by atoms with E-state index in [0.29, 0.717) is 21.7 Å². The lowest BCUT2D eigenvalue weighted by Crippen LogP contribution is -2.51. The summed E-state index contributed by atoms with van der Waals surface area (Å²) in [5, 5.41) is 4.74. The van der Waals surface area contributed by atoms with Gasteiger partial charge in [0.2, 0.25) is 0 Å². The van der Waals surface area contributed by atoms with Crippen molar-refractivity contribution >= 4 is 40.7 Å². The second-order valence-electron chi connectivity index (χ2n) is 7.48. The Morgan fingerprint density at radius 2 is 1.61 bits per heavy atom. The number of carbonyl (C=O) groups excluding carboxylic acids is 1. The highest BCUT2D eigenvalue weighted by Crippen LogP contribution is 2.27. The second-order valence-corrected chi connectivity index (χ2v) is 8.79. The standard InChI is InChI=1S/C22H26Cl3NO2/c1-5-16(10-15-6-8-17(23)9-7-15)14(2)26-21(27)22(3,4)28-20-12-18(24)11-19(25)13-20/h6-9,11-14,16H,5,10H2,1-4H3,(H,26,27). The molecule has 0 heterocycles. The Morgan fingerprint density at radius 1 is 1.04 bits per heavy atom. The van der Waals surface area contributed by atoms with Gasteiger partial charge in [0.05, 0.1) is 0 Å². The molecular formula is C22H26Cl3NO2. The van der Waals surface area contributed by atoms with Crippen LogP contribution in [0.2, 0.25) is 15.1 Å². The lowest BCUT2D eigenvalue weighted by molar-refractivity contribution is -0.135. The van der Waals surface area contributed by atoms with Crippen LogP contribution < -0.4 is 10.1 Å². The predicted octanol–water partition coefficient (Wildman–Crippen LogP) is 6.58. The first-order chi connectivity index (χ1) is 13.1. The summed E-state index contributed by atoms with van der Waals surface area (Å²) >= 11 is 18.0. The topological polar surface area (TPSA) is 38.3 Å². The number of hydrogen-bond acceptors (Lipinski definition) is 2. The molecule has 28 heavy (non-hydrogen) atoms. The molecule has 152 valence electrons. The number of benzene rings is 2. The fourth-order valence-electron chi connectivity index (χ4n) is 3.02. The maximum atomic E-state index is 12.8. The molecule has 0 spiro atoms. The Morgan fingerprint density at radius 3 is 2.14 bits per heavy atom. The summed E-state index contributed by atoms with van der Waals surface area (Å²) in [6, 6.07) is 12.7. The van der Waals surface area contributed by atoms with Gasteiger partial charge in [-0.05, 0) is 69.0 Å². The van der Waals surface area contributed by atoms with Crippen molar-refractivity contribution in [1.82, 2.24) is 5.32 Å². The monoisotopic (exact) mass is 441 g/mol. The van der Waals surface area contributed by atoms with Crippen LogP contribution in [0.3, 0.4) is 0 Å². The molecule has 2 rings (SSSR count). The van der Waals surface area contributed by atoms with E-state index in [1.807, 2.05) is 31.2 Å². The van der Waals surface area contributed by atoms with Crippen molar-refractivity contribution in [2.75, 3.05) is 0 Å². The van der Waals surface area contributed by atoms with E-state index in [2.05, 4.69) is 12.2 Å². The fourth-order valence-corrected chi connectivity index (χ4v) is 3.66. The molecule has 0 radical (unpaired) electrons. The van der Waals surface area contributed by atoms with Crippen molar-refractivity contribution in [3.63, 3.8) is 0 Å². The van der Waals surface area contributed by atoms with E-state index >= 15 is 0 Å². The quantitative estimate of drug-likeness (QED) is 0.501. The van der Waals surface area contributed by atoms with E-state index in [0.717, 1.165) is 17.9 Å². The van der Waals surface area contributed by atoms with Crippen LogP contribution in [-0.4, -0.2) is 17.6 Å². The summed E-state index contributed by atoms with van der Waals surface area (Å²) in [5.41, 5.74) is 0.127. The maximum absolute atomic E-state index is 12.8. The zero-order valence-corrected chi connectivity index (χ0v) is 18.8. The molecule has 0 saturated carbocycles. The fraction of sp³-hybridized carbons (Fsp3) is 0.409.